The fourth-order valence-electron chi connectivity index (χ4n) is 1.29. The number of hydrogen-bond acceptors (Lipinski definition) is 2. The monoisotopic (exact) mass is 329 g/mol. The molecule has 100 valence electrons. The molecule has 0 heterocycles. The van der Waals surface area contributed by atoms with Crippen LogP contribution < -0.4 is 5.32 Å². The summed E-state index contributed by atoms with van der Waals surface area (Å²) in [5.41, 5.74) is 0.711. The van der Waals surface area contributed by atoms with Crippen LogP contribution in [0.2, 0.25) is 0 Å². The van der Waals surface area contributed by atoms with Crippen LogP contribution in [0, 0.1) is 11.3 Å². The van der Waals surface area contributed by atoms with Gasteiger partial charge in [0.05, 0.1) is 5.56 Å². The molecule has 0 fully saturated rings. The Morgan fingerprint density at radius 1 is 1.44 bits per heavy atom. The molecule has 0 radical (unpaired) electrons. The van der Waals surface area contributed by atoms with Gasteiger partial charge in [0.2, 0.25) is 0 Å². The van der Waals surface area contributed by atoms with E-state index in [1.54, 1.807) is 6.07 Å². The maximum atomic E-state index is 12.1. The normalized spacial score (nSPS) is 11.7. The summed E-state index contributed by atoms with van der Waals surface area (Å²) in [7, 11) is 0. The Bertz CT molecular complexity index is 443. The summed E-state index contributed by atoms with van der Waals surface area (Å²) in [6, 6.07) is 5.46. The number of amides is 1. The molecule has 4 heteroatoms. The largest absolute Gasteiger partial charge is 0.351 e. The Labute approximate surface area is 123 Å². The van der Waals surface area contributed by atoms with Crippen molar-refractivity contribution in [1.29, 1.82) is 0 Å². The average molecular weight is 330 g/mol. The van der Waals surface area contributed by atoms with E-state index < -0.39 is 0 Å². The zero-order chi connectivity index (χ0) is 13.9. The fourth-order valence-corrected chi connectivity index (χ4v) is 1.93. The quantitative estimate of drug-likeness (QED) is 0.798. The van der Waals surface area contributed by atoms with Gasteiger partial charge in [-0.2, -0.15) is 0 Å². The highest BCUT2D eigenvalue weighted by Crippen LogP contribution is 2.25. The van der Waals surface area contributed by atoms with Crippen LogP contribution in [0.5, 0.6) is 0 Å². The van der Waals surface area contributed by atoms with Gasteiger partial charge >= 0.3 is 0 Å². The Hall–Kier alpha value is -0.480. The van der Waals surface area contributed by atoms with E-state index in [0.717, 1.165) is 9.37 Å². The molecule has 2 nitrogen and oxygen atoms in total. The number of hydrogen-bond donors (Lipinski definition) is 2. The van der Waals surface area contributed by atoms with E-state index in [1.807, 2.05) is 12.1 Å². The molecular weight excluding hydrogens is 310 g/mol. The molecule has 1 rings (SSSR count). The van der Waals surface area contributed by atoms with Crippen molar-refractivity contribution in [2.24, 2.45) is 11.3 Å². The maximum Gasteiger partial charge on any atom is 0.252 e. The number of nitrogens with one attached hydrogen (secondary N) is 1. The van der Waals surface area contributed by atoms with E-state index in [4.69, 9.17) is 0 Å². The van der Waals surface area contributed by atoms with Crippen molar-refractivity contribution in [3.63, 3.8) is 0 Å². The fraction of sp³-hybridized carbons (Fsp3) is 0.500. The van der Waals surface area contributed by atoms with Crippen LogP contribution in [0.25, 0.3) is 0 Å². The SMILES string of the molecule is CC(C)C(C)(C)CNC(=O)c1cc(S)ccc1Br. The molecular formula is C14H20BrNOS. The van der Waals surface area contributed by atoms with Crippen LogP contribution in [-0.4, -0.2) is 12.5 Å². The molecule has 1 aromatic rings. The third kappa shape index (κ3) is 4.02. The smallest absolute Gasteiger partial charge is 0.252 e. The lowest BCUT2D eigenvalue weighted by Crippen LogP contribution is -2.37. The Morgan fingerprint density at radius 3 is 2.61 bits per heavy atom. The molecule has 1 aromatic carbocycles. The zero-order valence-electron chi connectivity index (χ0n) is 11.2. The first-order valence-electron chi connectivity index (χ1n) is 6.01. The van der Waals surface area contributed by atoms with Crippen molar-refractivity contribution >= 4 is 34.5 Å². The number of thiol groups is 1. The Balaban J connectivity index is 2.75. The lowest BCUT2D eigenvalue weighted by Gasteiger charge is -2.29. The van der Waals surface area contributed by atoms with Crippen molar-refractivity contribution in [3.05, 3.63) is 28.2 Å². The number of halogens is 1. The number of carbonyl (C=O) groups excluding carboxylic acids is 1. The first-order valence-corrected chi connectivity index (χ1v) is 7.25. The molecule has 0 aliphatic heterocycles. The van der Waals surface area contributed by atoms with Crippen LogP contribution >= 0.6 is 28.6 Å². The van der Waals surface area contributed by atoms with Crippen LogP contribution in [0.4, 0.5) is 0 Å². The summed E-state index contributed by atoms with van der Waals surface area (Å²) < 4.78 is 0.792. The average Bonchev–Trinajstić information content (AvgIpc) is 2.29. The summed E-state index contributed by atoms with van der Waals surface area (Å²) in [6.45, 7) is 9.30. The van der Waals surface area contributed by atoms with Gasteiger partial charge in [0.1, 0.15) is 0 Å². The van der Waals surface area contributed by atoms with Crippen LogP contribution in [0.1, 0.15) is 38.1 Å². The molecule has 0 aliphatic rings. The first kappa shape index (κ1) is 15.6. The van der Waals surface area contributed by atoms with Gasteiger partial charge < -0.3 is 5.32 Å². The molecule has 0 unspecified atom stereocenters. The standard InChI is InChI=1S/C14H20BrNOS/c1-9(2)14(3,4)8-16-13(17)11-7-10(18)5-6-12(11)15/h5-7,9,18H,8H2,1-4H3,(H,16,17). The second-order valence-corrected chi connectivity index (χ2v) is 6.86. The van der Waals surface area contributed by atoms with E-state index >= 15 is 0 Å². The van der Waals surface area contributed by atoms with E-state index in [0.29, 0.717) is 18.0 Å². The topological polar surface area (TPSA) is 29.1 Å². The first-order chi connectivity index (χ1) is 8.24. The van der Waals surface area contributed by atoms with E-state index in [1.165, 1.54) is 0 Å². The van der Waals surface area contributed by atoms with Crippen molar-refractivity contribution in [2.75, 3.05) is 6.54 Å². The highest BCUT2D eigenvalue weighted by Gasteiger charge is 2.23. The second kappa shape index (κ2) is 6.11. The van der Waals surface area contributed by atoms with Crippen LogP contribution in [0.3, 0.4) is 0 Å². The minimum Gasteiger partial charge on any atom is -0.351 e. The Morgan fingerprint density at radius 2 is 2.06 bits per heavy atom. The molecule has 18 heavy (non-hydrogen) atoms. The predicted molar refractivity (Wildman–Crippen MR) is 82.3 cm³/mol. The number of carbonyl (C=O) groups is 1. The van der Waals surface area contributed by atoms with Crippen molar-refractivity contribution in [2.45, 2.75) is 32.6 Å². The van der Waals surface area contributed by atoms with Crippen LogP contribution in [0.15, 0.2) is 27.6 Å². The number of rotatable bonds is 4. The van der Waals surface area contributed by atoms with Crippen molar-refractivity contribution < 1.29 is 4.79 Å². The summed E-state index contributed by atoms with van der Waals surface area (Å²) in [6.07, 6.45) is 0. The minimum absolute atomic E-state index is 0.0634. The maximum absolute atomic E-state index is 12.1. The summed E-state index contributed by atoms with van der Waals surface area (Å²) in [4.78, 5) is 12.9. The minimum atomic E-state index is -0.0634. The van der Waals surface area contributed by atoms with E-state index in [9.17, 15) is 4.79 Å². The van der Waals surface area contributed by atoms with Gasteiger partial charge in [-0.3, -0.25) is 4.79 Å². The molecule has 0 aliphatic carbocycles. The highest BCUT2D eigenvalue weighted by molar-refractivity contribution is 9.10. The summed E-state index contributed by atoms with van der Waals surface area (Å²) >= 11 is 7.64. The molecule has 0 aromatic heterocycles. The van der Waals surface area contributed by atoms with E-state index in [-0.39, 0.29) is 11.3 Å². The third-order valence-electron chi connectivity index (χ3n) is 3.46. The van der Waals surface area contributed by atoms with Gasteiger partial charge in [0.15, 0.2) is 0 Å². The van der Waals surface area contributed by atoms with Crippen LogP contribution in [-0.2, 0) is 0 Å². The molecule has 1 N–H and O–H groups in total. The molecule has 0 bridgehead atoms. The lowest BCUT2D eigenvalue weighted by atomic mass is 9.81. The molecule has 0 spiro atoms. The molecule has 1 amide bonds. The summed E-state index contributed by atoms with van der Waals surface area (Å²) in [5.74, 6) is 0.448. The second-order valence-electron chi connectivity index (χ2n) is 5.49. The van der Waals surface area contributed by atoms with Gasteiger partial charge in [0.25, 0.3) is 5.91 Å². The molecule has 0 saturated carbocycles. The Kier molecular flexibility index (Phi) is 5.29. The van der Waals surface area contributed by atoms with Gasteiger partial charge in [-0.25, -0.2) is 0 Å². The van der Waals surface area contributed by atoms with Gasteiger partial charge in [-0.15, -0.1) is 12.6 Å². The van der Waals surface area contributed by atoms with E-state index in [2.05, 4.69) is 61.6 Å². The van der Waals surface area contributed by atoms with Crippen molar-refractivity contribution in [1.82, 2.24) is 5.32 Å². The highest BCUT2D eigenvalue weighted by atomic mass is 79.9. The van der Waals surface area contributed by atoms with Gasteiger partial charge in [-0.05, 0) is 45.5 Å². The molecule has 0 atom stereocenters. The summed E-state index contributed by atoms with van der Waals surface area (Å²) in [5, 5.41) is 2.99. The van der Waals surface area contributed by atoms with Gasteiger partial charge in [0, 0.05) is 15.9 Å². The molecule has 0 saturated heterocycles. The van der Waals surface area contributed by atoms with Gasteiger partial charge in [-0.1, -0.05) is 27.7 Å². The predicted octanol–water partition coefficient (Wildman–Crippen LogP) is 4.15. The number of benzene rings is 1. The lowest BCUT2D eigenvalue weighted by molar-refractivity contribution is 0.0924. The zero-order valence-corrected chi connectivity index (χ0v) is 13.7. The third-order valence-corrected chi connectivity index (χ3v) is 4.43. The van der Waals surface area contributed by atoms with Crippen molar-refractivity contribution in [3.8, 4) is 0 Å².